The predicted molar refractivity (Wildman–Crippen MR) is 88.8 cm³/mol. The molecular weight excluding hydrogens is 310 g/mol. The fourth-order valence-electron chi connectivity index (χ4n) is 2.99. The lowest BCUT2D eigenvalue weighted by molar-refractivity contribution is 0.355. The third-order valence-electron chi connectivity index (χ3n) is 4.28. The highest BCUT2D eigenvalue weighted by molar-refractivity contribution is 5.82. The summed E-state index contributed by atoms with van der Waals surface area (Å²) < 4.78 is 10.5. The smallest absolute Gasteiger partial charge is 0.260 e. The third kappa shape index (κ3) is 2.27. The van der Waals surface area contributed by atoms with Crippen molar-refractivity contribution in [2.75, 3.05) is 25.7 Å². The van der Waals surface area contributed by atoms with E-state index in [4.69, 9.17) is 9.47 Å². The van der Waals surface area contributed by atoms with Crippen LogP contribution in [0.4, 0.5) is 5.95 Å². The molecule has 3 heterocycles. The van der Waals surface area contributed by atoms with Crippen molar-refractivity contribution in [3.05, 3.63) is 40.2 Å². The van der Waals surface area contributed by atoms with Crippen LogP contribution in [0.1, 0.15) is 11.4 Å². The summed E-state index contributed by atoms with van der Waals surface area (Å²) in [5.41, 5.74) is 2.49. The molecule has 8 heteroatoms. The molecule has 0 saturated heterocycles. The van der Waals surface area contributed by atoms with Crippen LogP contribution in [0.2, 0.25) is 0 Å². The van der Waals surface area contributed by atoms with Crippen molar-refractivity contribution in [2.24, 2.45) is 0 Å². The van der Waals surface area contributed by atoms with E-state index in [9.17, 15) is 4.79 Å². The Morgan fingerprint density at radius 2 is 2.00 bits per heavy atom. The van der Waals surface area contributed by atoms with E-state index in [1.807, 2.05) is 4.90 Å². The molecule has 0 radical (unpaired) electrons. The number of anilines is 1. The molecule has 2 aromatic heterocycles. The zero-order chi connectivity index (χ0) is 16.7. The lowest BCUT2D eigenvalue weighted by Gasteiger charge is -2.26. The zero-order valence-corrected chi connectivity index (χ0v) is 13.4. The Hall–Kier alpha value is -3.03. The molecule has 0 amide bonds. The summed E-state index contributed by atoms with van der Waals surface area (Å²) in [4.78, 5) is 29.4. The van der Waals surface area contributed by atoms with E-state index in [0.717, 1.165) is 24.4 Å². The highest BCUT2D eigenvalue weighted by atomic mass is 16.5. The van der Waals surface area contributed by atoms with Crippen molar-refractivity contribution in [3.8, 4) is 11.5 Å². The molecule has 0 spiro atoms. The van der Waals surface area contributed by atoms with E-state index in [1.54, 1.807) is 25.6 Å². The predicted octanol–water partition coefficient (Wildman–Crippen LogP) is 1.23. The Balaban J connectivity index is 1.79. The van der Waals surface area contributed by atoms with Crippen LogP contribution in [0.15, 0.2) is 23.3 Å². The largest absolute Gasteiger partial charge is 0.493 e. The SMILES string of the molecule is COc1cc2nc(N3CCc4[nH]cnc4C3)[nH]c(=O)c2cc1OC. The maximum Gasteiger partial charge on any atom is 0.260 e. The summed E-state index contributed by atoms with van der Waals surface area (Å²) in [5, 5.41) is 0.467. The molecule has 24 heavy (non-hydrogen) atoms. The van der Waals surface area contributed by atoms with Gasteiger partial charge in [0, 0.05) is 24.7 Å². The number of methoxy groups -OCH3 is 2. The van der Waals surface area contributed by atoms with Gasteiger partial charge in [-0.15, -0.1) is 0 Å². The molecule has 124 valence electrons. The molecule has 4 rings (SSSR count). The molecule has 0 saturated carbocycles. The third-order valence-corrected chi connectivity index (χ3v) is 4.28. The number of H-pyrrole nitrogens is 2. The summed E-state index contributed by atoms with van der Waals surface area (Å²) in [7, 11) is 3.09. The average molecular weight is 327 g/mol. The van der Waals surface area contributed by atoms with Crippen molar-refractivity contribution in [2.45, 2.75) is 13.0 Å². The molecule has 0 aliphatic carbocycles. The molecule has 1 aromatic carbocycles. The highest BCUT2D eigenvalue weighted by Gasteiger charge is 2.21. The minimum atomic E-state index is -0.205. The molecule has 1 aliphatic heterocycles. The summed E-state index contributed by atoms with van der Waals surface area (Å²) in [6.45, 7) is 1.37. The van der Waals surface area contributed by atoms with Crippen molar-refractivity contribution in [1.29, 1.82) is 0 Å². The van der Waals surface area contributed by atoms with Gasteiger partial charge in [0.1, 0.15) is 0 Å². The zero-order valence-electron chi connectivity index (χ0n) is 13.4. The van der Waals surface area contributed by atoms with Gasteiger partial charge in [0.05, 0.1) is 43.7 Å². The number of fused-ring (bicyclic) bond motifs is 2. The van der Waals surface area contributed by atoms with Gasteiger partial charge in [0.25, 0.3) is 5.56 Å². The maximum atomic E-state index is 12.5. The van der Waals surface area contributed by atoms with Gasteiger partial charge in [-0.25, -0.2) is 9.97 Å². The summed E-state index contributed by atoms with van der Waals surface area (Å²) in [5.74, 6) is 1.58. The average Bonchev–Trinajstić information content (AvgIpc) is 3.08. The summed E-state index contributed by atoms with van der Waals surface area (Å²) >= 11 is 0. The number of aromatic amines is 2. The topological polar surface area (TPSA) is 96.1 Å². The van der Waals surface area contributed by atoms with Crippen molar-refractivity contribution >= 4 is 16.9 Å². The van der Waals surface area contributed by atoms with Gasteiger partial charge in [0.2, 0.25) is 5.95 Å². The van der Waals surface area contributed by atoms with E-state index < -0.39 is 0 Å². The van der Waals surface area contributed by atoms with Gasteiger partial charge in [-0.2, -0.15) is 0 Å². The molecular formula is C16H17N5O3. The maximum absolute atomic E-state index is 12.5. The van der Waals surface area contributed by atoms with Gasteiger partial charge in [-0.3, -0.25) is 9.78 Å². The molecule has 1 aliphatic rings. The normalized spacial score (nSPS) is 13.8. The number of imidazole rings is 1. The van der Waals surface area contributed by atoms with E-state index in [1.165, 1.54) is 7.11 Å². The van der Waals surface area contributed by atoms with Crippen molar-refractivity contribution < 1.29 is 9.47 Å². The first kappa shape index (κ1) is 14.6. The standard InChI is InChI=1S/C16H17N5O3/c1-23-13-5-9-11(6-14(13)24-2)19-16(20-15(9)22)21-4-3-10-12(7-21)18-8-17-10/h5-6,8H,3-4,7H2,1-2H3,(H,17,18)(H,19,20,22). The van der Waals surface area contributed by atoms with Crippen LogP contribution >= 0.6 is 0 Å². The Morgan fingerprint density at radius 3 is 2.79 bits per heavy atom. The number of nitrogens with one attached hydrogen (secondary N) is 2. The minimum absolute atomic E-state index is 0.205. The second-order valence-electron chi connectivity index (χ2n) is 5.61. The Kier molecular flexibility index (Phi) is 3.37. The lowest BCUT2D eigenvalue weighted by Crippen LogP contribution is -2.33. The number of hydrogen-bond donors (Lipinski definition) is 2. The molecule has 0 bridgehead atoms. The van der Waals surface area contributed by atoms with Crippen LogP contribution in [0.3, 0.4) is 0 Å². The fraction of sp³-hybridized carbons (Fsp3) is 0.312. The summed E-state index contributed by atoms with van der Waals surface area (Å²) in [6, 6.07) is 3.36. The first-order chi connectivity index (χ1) is 11.7. The Labute approximate surface area is 137 Å². The first-order valence-corrected chi connectivity index (χ1v) is 7.61. The number of hydrogen-bond acceptors (Lipinski definition) is 6. The number of rotatable bonds is 3. The highest BCUT2D eigenvalue weighted by Crippen LogP contribution is 2.30. The van der Waals surface area contributed by atoms with Gasteiger partial charge >= 0.3 is 0 Å². The van der Waals surface area contributed by atoms with Gasteiger partial charge in [-0.1, -0.05) is 0 Å². The van der Waals surface area contributed by atoms with Crippen LogP contribution in [-0.4, -0.2) is 40.7 Å². The first-order valence-electron chi connectivity index (χ1n) is 7.61. The minimum Gasteiger partial charge on any atom is -0.493 e. The fourth-order valence-corrected chi connectivity index (χ4v) is 2.99. The second kappa shape index (κ2) is 5.55. The van der Waals surface area contributed by atoms with Crippen LogP contribution in [-0.2, 0) is 13.0 Å². The molecule has 2 N–H and O–H groups in total. The number of ether oxygens (including phenoxy) is 2. The van der Waals surface area contributed by atoms with Gasteiger partial charge in [-0.05, 0) is 6.07 Å². The molecule has 8 nitrogen and oxygen atoms in total. The Morgan fingerprint density at radius 1 is 1.21 bits per heavy atom. The number of nitrogens with zero attached hydrogens (tertiary/aromatic N) is 3. The van der Waals surface area contributed by atoms with Crippen LogP contribution in [0, 0.1) is 0 Å². The van der Waals surface area contributed by atoms with Gasteiger partial charge < -0.3 is 19.4 Å². The molecule has 0 unspecified atom stereocenters. The molecule has 0 atom stereocenters. The van der Waals surface area contributed by atoms with Crippen molar-refractivity contribution in [1.82, 2.24) is 19.9 Å². The quantitative estimate of drug-likeness (QED) is 0.751. The van der Waals surface area contributed by atoms with E-state index in [-0.39, 0.29) is 5.56 Å². The number of aromatic nitrogens is 4. The van der Waals surface area contributed by atoms with E-state index in [2.05, 4.69) is 19.9 Å². The second-order valence-corrected chi connectivity index (χ2v) is 5.61. The van der Waals surface area contributed by atoms with Crippen molar-refractivity contribution in [3.63, 3.8) is 0 Å². The van der Waals surface area contributed by atoms with Crippen LogP contribution in [0.5, 0.6) is 11.5 Å². The van der Waals surface area contributed by atoms with E-state index in [0.29, 0.717) is 34.9 Å². The number of benzene rings is 1. The van der Waals surface area contributed by atoms with Crippen LogP contribution in [0.25, 0.3) is 10.9 Å². The summed E-state index contributed by atoms with van der Waals surface area (Å²) in [6.07, 6.45) is 2.53. The molecule has 0 fully saturated rings. The van der Waals surface area contributed by atoms with E-state index >= 15 is 0 Å². The van der Waals surface area contributed by atoms with Crippen LogP contribution < -0.4 is 19.9 Å². The monoisotopic (exact) mass is 327 g/mol. The van der Waals surface area contributed by atoms with Gasteiger partial charge in [0.15, 0.2) is 11.5 Å². The Bertz CT molecular complexity index is 962. The molecule has 3 aromatic rings. The lowest BCUT2D eigenvalue weighted by atomic mass is 10.1.